The minimum Gasteiger partial charge on any atom is -0.366 e. The summed E-state index contributed by atoms with van der Waals surface area (Å²) in [5.74, 6) is -1.35. The molecule has 0 fully saturated rings. The summed E-state index contributed by atoms with van der Waals surface area (Å²) in [4.78, 5) is 10.6. The fourth-order valence-electron chi connectivity index (χ4n) is 0.711. The van der Waals surface area contributed by atoms with E-state index in [0.717, 1.165) is 3.57 Å². The summed E-state index contributed by atoms with van der Waals surface area (Å²) in [5.41, 5.74) is 4.86. The van der Waals surface area contributed by atoms with Crippen molar-refractivity contribution in [1.82, 2.24) is 0 Å². The lowest BCUT2D eigenvalue weighted by Gasteiger charge is -2.00. The molecular formula is C7H4BrFINO. The van der Waals surface area contributed by atoms with Gasteiger partial charge in [-0.05, 0) is 50.7 Å². The first-order valence-corrected chi connectivity index (χ1v) is 4.84. The van der Waals surface area contributed by atoms with E-state index in [1.165, 1.54) is 12.1 Å². The van der Waals surface area contributed by atoms with Gasteiger partial charge in [0.05, 0.1) is 5.56 Å². The van der Waals surface area contributed by atoms with Crippen LogP contribution in [0.15, 0.2) is 16.6 Å². The van der Waals surface area contributed by atoms with Crippen LogP contribution in [0.2, 0.25) is 0 Å². The normalized spacial score (nSPS) is 9.92. The maximum absolute atomic E-state index is 12.9. The third-order valence-electron chi connectivity index (χ3n) is 1.28. The molecule has 0 aliphatic carbocycles. The number of halogens is 3. The molecule has 5 heteroatoms. The summed E-state index contributed by atoms with van der Waals surface area (Å²) in [7, 11) is 0. The monoisotopic (exact) mass is 343 g/mol. The summed E-state index contributed by atoms with van der Waals surface area (Å²) in [6.07, 6.45) is 0. The van der Waals surface area contributed by atoms with Crippen LogP contribution in [0.5, 0.6) is 0 Å². The van der Waals surface area contributed by atoms with Crippen LogP contribution in [0.25, 0.3) is 0 Å². The molecule has 0 aliphatic rings. The predicted octanol–water partition coefficient (Wildman–Crippen LogP) is 2.29. The molecule has 0 unspecified atom stereocenters. The van der Waals surface area contributed by atoms with Gasteiger partial charge in [-0.2, -0.15) is 0 Å². The van der Waals surface area contributed by atoms with Crippen molar-refractivity contribution in [2.24, 2.45) is 5.73 Å². The Kier molecular flexibility index (Phi) is 3.05. The smallest absolute Gasteiger partial charge is 0.251 e. The largest absolute Gasteiger partial charge is 0.366 e. The molecule has 64 valence electrons. The van der Waals surface area contributed by atoms with Crippen molar-refractivity contribution < 1.29 is 9.18 Å². The Labute approximate surface area is 90.6 Å². The SMILES string of the molecule is NC(=O)c1cc(I)c(Br)cc1F. The summed E-state index contributed by atoms with van der Waals surface area (Å²) in [6.45, 7) is 0. The molecule has 1 amide bonds. The van der Waals surface area contributed by atoms with Gasteiger partial charge in [-0.1, -0.05) is 0 Å². The summed E-state index contributed by atoms with van der Waals surface area (Å²) in [5, 5.41) is 0. The molecule has 0 spiro atoms. The zero-order valence-electron chi connectivity index (χ0n) is 5.77. The molecule has 1 aromatic rings. The first-order chi connectivity index (χ1) is 5.52. The van der Waals surface area contributed by atoms with Gasteiger partial charge in [0.1, 0.15) is 5.82 Å². The molecule has 2 nitrogen and oxygen atoms in total. The Bertz CT molecular complexity index is 342. The van der Waals surface area contributed by atoms with Crippen LogP contribution in [0.1, 0.15) is 10.4 Å². The standard InChI is InChI=1S/C7H4BrFINO/c8-4-2-5(9)3(7(11)12)1-6(4)10/h1-2H,(H2,11,12). The van der Waals surface area contributed by atoms with Gasteiger partial charge < -0.3 is 5.73 Å². The van der Waals surface area contributed by atoms with Crippen molar-refractivity contribution >= 4 is 44.4 Å². The molecule has 2 N–H and O–H groups in total. The minimum atomic E-state index is -0.752. The fraction of sp³-hybridized carbons (Fsp3) is 0. The predicted molar refractivity (Wildman–Crippen MR) is 55.3 cm³/mol. The molecule has 0 bridgehead atoms. The zero-order chi connectivity index (χ0) is 9.30. The van der Waals surface area contributed by atoms with E-state index in [9.17, 15) is 9.18 Å². The van der Waals surface area contributed by atoms with E-state index in [0.29, 0.717) is 4.47 Å². The van der Waals surface area contributed by atoms with E-state index in [4.69, 9.17) is 5.73 Å². The number of nitrogens with two attached hydrogens (primary N) is 1. The van der Waals surface area contributed by atoms with E-state index < -0.39 is 11.7 Å². The lowest BCUT2D eigenvalue weighted by molar-refractivity contribution is 0.0996. The quantitative estimate of drug-likeness (QED) is 0.617. The molecule has 0 atom stereocenters. The lowest BCUT2D eigenvalue weighted by atomic mass is 10.2. The first kappa shape index (κ1) is 9.91. The van der Waals surface area contributed by atoms with Crippen molar-refractivity contribution in [3.8, 4) is 0 Å². The van der Waals surface area contributed by atoms with Crippen molar-refractivity contribution in [1.29, 1.82) is 0 Å². The Morgan fingerprint density at radius 2 is 2.17 bits per heavy atom. The topological polar surface area (TPSA) is 43.1 Å². The molecule has 0 saturated heterocycles. The van der Waals surface area contributed by atoms with E-state index in [2.05, 4.69) is 15.9 Å². The average Bonchev–Trinajstić information content (AvgIpc) is 1.96. The highest BCUT2D eigenvalue weighted by atomic mass is 127. The number of carbonyl (C=O) groups excluding carboxylic acids is 1. The Balaban J connectivity index is 3.33. The molecule has 0 radical (unpaired) electrons. The maximum Gasteiger partial charge on any atom is 0.251 e. The van der Waals surface area contributed by atoms with Crippen molar-refractivity contribution in [3.63, 3.8) is 0 Å². The van der Waals surface area contributed by atoms with Gasteiger partial charge in [-0.25, -0.2) is 4.39 Å². The van der Waals surface area contributed by atoms with Gasteiger partial charge in [0.25, 0.3) is 5.91 Å². The maximum atomic E-state index is 12.9. The molecule has 0 heterocycles. The Morgan fingerprint density at radius 3 is 2.67 bits per heavy atom. The van der Waals surface area contributed by atoms with Crippen molar-refractivity contribution in [3.05, 3.63) is 31.6 Å². The van der Waals surface area contributed by atoms with E-state index in [-0.39, 0.29) is 5.56 Å². The number of rotatable bonds is 1. The van der Waals surface area contributed by atoms with Gasteiger partial charge in [0, 0.05) is 8.04 Å². The Morgan fingerprint density at radius 1 is 1.58 bits per heavy atom. The van der Waals surface area contributed by atoms with Gasteiger partial charge in [-0.15, -0.1) is 0 Å². The third-order valence-corrected chi connectivity index (χ3v) is 3.57. The van der Waals surface area contributed by atoms with Crippen LogP contribution in [0.4, 0.5) is 4.39 Å². The number of benzene rings is 1. The molecule has 1 rings (SSSR count). The minimum absolute atomic E-state index is 0.0809. The summed E-state index contributed by atoms with van der Waals surface area (Å²) < 4.78 is 14.3. The van der Waals surface area contributed by atoms with Gasteiger partial charge in [0.2, 0.25) is 0 Å². The molecule has 0 aromatic heterocycles. The molecular weight excluding hydrogens is 340 g/mol. The lowest BCUT2D eigenvalue weighted by Crippen LogP contribution is -2.13. The van der Waals surface area contributed by atoms with Crippen LogP contribution in [-0.2, 0) is 0 Å². The van der Waals surface area contributed by atoms with Gasteiger partial charge in [0.15, 0.2) is 0 Å². The number of carbonyl (C=O) groups is 1. The molecule has 1 aromatic carbocycles. The molecule has 12 heavy (non-hydrogen) atoms. The second kappa shape index (κ2) is 3.69. The third kappa shape index (κ3) is 1.95. The van der Waals surface area contributed by atoms with Crippen molar-refractivity contribution in [2.45, 2.75) is 0 Å². The van der Waals surface area contributed by atoms with E-state index in [1.54, 1.807) is 0 Å². The molecule has 0 saturated carbocycles. The second-order valence-electron chi connectivity index (χ2n) is 2.11. The zero-order valence-corrected chi connectivity index (χ0v) is 9.52. The highest BCUT2D eigenvalue weighted by molar-refractivity contribution is 14.1. The van der Waals surface area contributed by atoms with E-state index in [1.807, 2.05) is 22.6 Å². The van der Waals surface area contributed by atoms with E-state index >= 15 is 0 Å². The van der Waals surface area contributed by atoms with Crippen LogP contribution in [0.3, 0.4) is 0 Å². The second-order valence-corrected chi connectivity index (χ2v) is 4.13. The average molecular weight is 344 g/mol. The number of hydrogen-bond acceptors (Lipinski definition) is 1. The van der Waals surface area contributed by atoms with Gasteiger partial charge >= 0.3 is 0 Å². The fourth-order valence-corrected chi connectivity index (χ4v) is 1.49. The van der Waals surface area contributed by atoms with Crippen LogP contribution < -0.4 is 5.73 Å². The summed E-state index contributed by atoms with van der Waals surface area (Å²) >= 11 is 5.11. The van der Waals surface area contributed by atoms with Crippen LogP contribution >= 0.6 is 38.5 Å². The first-order valence-electron chi connectivity index (χ1n) is 2.96. The van der Waals surface area contributed by atoms with Crippen LogP contribution in [0, 0.1) is 9.39 Å². The Hall–Kier alpha value is -0.170. The van der Waals surface area contributed by atoms with Gasteiger partial charge in [-0.3, -0.25) is 4.79 Å². The number of hydrogen-bond donors (Lipinski definition) is 1. The highest BCUT2D eigenvalue weighted by Gasteiger charge is 2.10. The molecule has 0 aliphatic heterocycles. The number of primary amides is 1. The number of amides is 1. The summed E-state index contributed by atoms with van der Waals surface area (Å²) in [6, 6.07) is 2.63. The highest BCUT2D eigenvalue weighted by Crippen LogP contribution is 2.22. The van der Waals surface area contributed by atoms with Crippen molar-refractivity contribution in [2.75, 3.05) is 0 Å². The van der Waals surface area contributed by atoms with Crippen LogP contribution in [-0.4, -0.2) is 5.91 Å².